The third-order valence-corrected chi connectivity index (χ3v) is 4.12. The molecule has 1 amide bonds. The van der Waals surface area contributed by atoms with Gasteiger partial charge in [-0.15, -0.1) is 0 Å². The monoisotopic (exact) mass is 315 g/mol. The van der Waals surface area contributed by atoms with Gasteiger partial charge in [-0.05, 0) is 50.6 Å². The van der Waals surface area contributed by atoms with Gasteiger partial charge in [-0.25, -0.2) is 0 Å². The fourth-order valence-electron chi connectivity index (χ4n) is 1.72. The van der Waals surface area contributed by atoms with E-state index in [1.165, 1.54) is 0 Å². The van der Waals surface area contributed by atoms with Gasteiger partial charge in [0.05, 0.1) is 17.3 Å². The first-order valence-corrected chi connectivity index (χ1v) is 8.25. The predicted molar refractivity (Wildman–Crippen MR) is 89.6 cm³/mol. The highest BCUT2D eigenvalue weighted by Gasteiger charge is 2.13. The lowest BCUT2D eigenvalue weighted by molar-refractivity contribution is -0.117. The van der Waals surface area contributed by atoms with Gasteiger partial charge in [0.2, 0.25) is 5.91 Å². The van der Waals surface area contributed by atoms with Crippen LogP contribution in [-0.4, -0.2) is 42.4 Å². The Morgan fingerprint density at radius 1 is 1.55 bits per heavy atom. The van der Waals surface area contributed by atoms with E-state index in [1.54, 1.807) is 18.2 Å². The summed E-state index contributed by atoms with van der Waals surface area (Å²) in [5.74, 6) is 1.00. The van der Waals surface area contributed by atoms with Gasteiger partial charge < -0.3 is 11.1 Å². The van der Waals surface area contributed by atoms with Gasteiger partial charge in [-0.3, -0.25) is 9.69 Å². The largest absolute Gasteiger partial charge is 0.399 e. The van der Waals surface area contributed by atoms with Gasteiger partial charge in [0, 0.05) is 11.7 Å². The normalized spacial score (nSPS) is 12.4. The van der Waals surface area contributed by atoms with Crippen LogP contribution in [0, 0.1) is 0 Å². The Kier molecular flexibility index (Phi) is 7.19. The maximum absolute atomic E-state index is 12.0. The molecule has 0 aliphatic heterocycles. The first-order chi connectivity index (χ1) is 9.43. The Balaban J connectivity index is 2.52. The van der Waals surface area contributed by atoms with Crippen LogP contribution in [0.2, 0.25) is 5.02 Å². The van der Waals surface area contributed by atoms with Crippen LogP contribution in [-0.2, 0) is 4.79 Å². The van der Waals surface area contributed by atoms with E-state index in [2.05, 4.69) is 18.5 Å². The maximum Gasteiger partial charge on any atom is 0.238 e. The van der Waals surface area contributed by atoms with Crippen molar-refractivity contribution in [3.63, 3.8) is 0 Å². The van der Waals surface area contributed by atoms with E-state index in [0.717, 1.165) is 12.2 Å². The number of nitrogens with one attached hydrogen (secondary N) is 1. The van der Waals surface area contributed by atoms with Crippen molar-refractivity contribution in [2.45, 2.75) is 19.4 Å². The molecule has 0 aliphatic rings. The van der Waals surface area contributed by atoms with Crippen molar-refractivity contribution in [1.82, 2.24) is 4.90 Å². The molecular formula is C14H22ClN3OS. The number of benzene rings is 1. The fourth-order valence-corrected chi connectivity index (χ4v) is 2.46. The number of amides is 1. The minimum absolute atomic E-state index is 0.0870. The van der Waals surface area contributed by atoms with Crippen molar-refractivity contribution >= 4 is 40.6 Å². The van der Waals surface area contributed by atoms with E-state index < -0.39 is 0 Å². The molecule has 0 heterocycles. The van der Waals surface area contributed by atoms with E-state index in [9.17, 15) is 4.79 Å². The third kappa shape index (κ3) is 5.61. The Hall–Kier alpha value is -0.910. The molecule has 3 N–H and O–H groups in total. The average molecular weight is 316 g/mol. The van der Waals surface area contributed by atoms with E-state index in [0.29, 0.717) is 29.0 Å². The number of thioether (sulfide) groups is 1. The number of rotatable bonds is 7. The summed E-state index contributed by atoms with van der Waals surface area (Å²) in [6, 6.07) is 5.41. The standard InChI is InChI=1S/C14H22ClN3OS/c1-10(6-7-20-3)18(2)9-14(19)17-13-8-11(16)4-5-12(13)15/h4-5,8,10H,6-7,9,16H2,1-3H3,(H,17,19). The number of halogens is 1. The van der Waals surface area contributed by atoms with Crippen molar-refractivity contribution in [2.24, 2.45) is 0 Å². The zero-order valence-corrected chi connectivity index (χ0v) is 13.7. The molecule has 1 aromatic rings. The Morgan fingerprint density at radius 2 is 2.25 bits per heavy atom. The van der Waals surface area contributed by atoms with Crippen molar-refractivity contribution in [2.75, 3.05) is 36.7 Å². The van der Waals surface area contributed by atoms with E-state index >= 15 is 0 Å². The zero-order chi connectivity index (χ0) is 15.1. The van der Waals surface area contributed by atoms with Gasteiger partial charge in [0.15, 0.2) is 0 Å². The number of anilines is 2. The lowest BCUT2D eigenvalue weighted by Crippen LogP contribution is -2.36. The van der Waals surface area contributed by atoms with E-state index in [1.807, 2.05) is 23.7 Å². The Labute approximate surface area is 130 Å². The molecule has 0 aromatic heterocycles. The zero-order valence-electron chi connectivity index (χ0n) is 12.1. The quantitative estimate of drug-likeness (QED) is 0.760. The van der Waals surface area contributed by atoms with Crippen LogP contribution in [0.25, 0.3) is 0 Å². The minimum Gasteiger partial charge on any atom is -0.399 e. The first kappa shape index (κ1) is 17.1. The van der Waals surface area contributed by atoms with Crippen LogP contribution in [0.15, 0.2) is 18.2 Å². The second-order valence-electron chi connectivity index (χ2n) is 4.83. The number of nitrogens with zero attached hydrogens (tertiary/aromatic N) is 1. The van der Waals surface area contributed by atoms with Crippen LogP contribution in [0.1, 0.15) is 13.3 Å². The van der Waals surface area contributed by atoms with E-state index in [-0.39, 0.29) is 5.91 Å². The summed E-state index contributed by atoms with van der Waals surface area (Å²) in [4.78, 5) is 14.0. The van der Waals surface area contributed by atoms with Crippen molar-refractivity contribution in [1.29, 1.82) is 0 Å². The molecule has 0 aliphatic carbocycles. The van der Waals surface area contributed by atoms with Crippen LogP contribution >= 0.6 is 23.4 Å². The highest BCUT2D eigenvalue weighted by molar-refractivity contribution is 7.98. The number of nitrogens with two attached hydrogens (primary N) is 1. The fraction of sp³-hybridized carbons (Fsp3) is 0.500. The molecule has 1 atom stereocenters. The van der Waals surface area contributed by atoms with Gasteiger partial charge in [-0.2, -0.15) is 11.8 Å². The third-order valence-electron chi connectivity index (χ3n) is 3.15. The molecule has 0 fully saturated rings. The average Bonchev–Trinajstić information content (AvgIpc) is 2.40. The SMILES string of the molecule is CSCCC(C)N(C)CC(=O)Nc1cc(N)ccc1Cl. The van der Waals surface area contributed by atoms with Gasteiger partial charge >= 0.3 is 0 Å². The number of hydrogen-bond acceptors (Lipinski definition) is 4. The molecule has 0 bridgehead atoms. The van der Waals surface area contributed by atoms with Crippen molar-refractivity contribution < 1.29 is 4.79 Å². The van der Waals surface area contributed by atoms with Crippen LogP contribution in [0.3, 0.4) is 0 Å². The number of carbonyl (C=O) groups is 1. The lowest BCUT2D eigenvalue weighted by Gasteiger charge is -2.23. The van der Waals surface area contributed by atoms with Crippen LogP contribution in [0.5, 0.6) is 0 Å². The smallest absolute Gasteiger partial charge is 0.238 e. The van der Waals surface area contributed by atoms with Crippen molar-refractivity contribution in [3.8, 4) is 0 Å². The molecular weight excluding hydrogens is 294 g/mol. The molecule has 0 saturated heterocycles. The molecule has 0 saturated carbocycles. The molecule has 112 valence electrons. The van der Waals surface area contributed by atoms with E-state index in [4.69, 9.17) is 17.3 Å². The van der Waals surface area contributed by atoms with Gasteiger partial charge in [-0.1, -0.05) is 11.6 Å². The summed E-state index contributed by atoms with van der Waals surface area (Å²) in [5.41, 5.74) is 6.82. The molecule has 6 heteroatoms. The topological polar surface area (TPSA) is 58.4 Å². The molecule has 1 rings (SSSR count). The molecule has 1 unspecified atom stereocenters. The maximum atomic E-state index is 12.0. The summed E-state index contributed by atoms with van der Waals surface area (Å²) in [6.45, 7) is 2.46. The summed E-state index contributed by atoms with van der Waals surface area (Å²) in [7, 11) is 1.95. The first-order valence-electron chi connectivity index (χ1n) is 6.48. The number of nitrogen functional groups attached to an aromatic ring is 1. The molecule has 20 heavy (non-hydrogen) atoms. The second-order valence-corrected chi connectivity index (χ2v) is 6.23. The lowest BCUT2D eigenvalue weighted by atomic mass is 10.2. The molecule has 0 spiro atoms. The van der Waals surface area contributed by atoms with Gasteiger partial charge in [0.1, 0.15) is 0 Å². The number of carbonyl (C=O) groups excluding carboxylic acids is 1. The van der Waals surface area contributed by atoms with Crippen LogP contribution < -0.4 is 11.1 Å². The second kappa shape index (κ2) is 8.39. The molecule has 1 aromatic carbocycles. The number of hydrogen-bond donors (Lipinski definition) is 2. The van der Waals surface area contributed by atoms with Crippen LogP contribution in [0.4, 0.5) is 11.4 Å². The highest BCUT2D eigenvalue weighted by atomic mass is 35.5. The van der Waals surface area contributed by atoms with Gasteiger partial charge in [0.25, 0.3) is 0 Å². The predicted octanol–water partition coefficient (Wildman–Crippen LogP) is 2.93. The Bertz CT molecular complexity index is 456. The Morgan fingerprint density at radius 3 is 2.90 bits per heavy atom. The highest BCUT2D eigenvalue weighted by Crippen LogP contribution is 2.24. The summed E-state index contributed by atoms with van der Waals surface area (Å²) >= 11 is 7.84. The van der Waals surface area contributed by atoms with Crippen molar-refractivity contribution in [3.05, 3.63) is 23.2 Å². The minimum atomic E-state index is -0.0870. The summed E-state index contributed by atoms with van der Waals surface area (Å²) < 4.78 is 0. The molecule has 4 nitrogen and oxygen atoms in total. The summed E-state index contributed by atoms with van der Waals surface area (Å²) in [6.07, 6.45) is 3.14. The molecule has 0 radical (unpaired) electrons. The number of likely N-dealkylation sites (N-methyl/N-ethyl adjacent to an activating group) is 1. The summed E-state index contributed by atoms with van der Waals surface area (Å²) in [5, 5.41) is 3.29.